The van der Waals surface area contributed by atoms with Crippen molar-refractivity contribution in [2.45, 2.75) is 18.9 Å². The highest BCUT2D eigenvalue weighted by atomic mass is 19.1. The Hall–Kier alpha value is -1.20. The van der Waals surface area contributed by atoms with Crippen molar-refractivity contribution in [2.75, 3.05) is 25.6 Å². The van der Waals surface area contributed by atoms with Crippen molar-refractivity contribution in [3.05, 3.63) is 29.8 Å². The maximum Gasteiger partial charge on any atom is 0.146 e. The van der Waals surface area contributed by atoms with Crippen LogP contribution in [0.25, 0.3) is 0 Å². The third-order valence-corrected chi connectivity index (χ3v) is 2.41. The Bertz CT molecular complexity index is 347. The van der Waals surface area contributed by atoms with E-state index in [1.807, 2.05) is 0 Å². The van der Waals surface area contributed by atoms with Crippen molar-refractivity contribution in [2.24, 2.45) is 5.73 Å². The summed E-state index contributed by atoms with van der Waals surface area (Å²) in [5, 5.41) is 2.93. The molecule has 1 unspecified atom stereocenters. The summed E-state index contributed by atoms with van der Waals surface area (Å²) in [4.78, 5) is 0. The minimum absolute atomic E-state index is 0.0696. The van der Waals surface area contributed by atoms with Gasteiger partial charge in [0, 0.05) is 13.2 Å². The molecule has 0 aliphatic carbocycles. The van der Waals surface area contributed by atoms with E-state index < -0.39 is 11.6 Å². The van der Waals surface area contributed by atoms with Gasteiger partial charge in [-0.25, -0.2) is 8.78 Å². The van der Waals surface area contributed by atoms with E-state index in [0.29, 0.717) is 13.2 Å². The van der Waals surface area contributed by atoms with E-state index in [1.165, 1.54) is 0 Å². The maximum absolute atomic E-state index is 13.4. The van der Waals surface area contributed by atoms with E-state index in [1.54, 1.807) is 7.11 Å². The van der Waals surface area contributed by atoms with Crippen LogP contribution in [0.1, 0.15) is 12.8 Å². The van der Waals surface area contributed by atoms with E-state index >= 15 is 0 Å². The molecule has 0 saturated carbocycles. The highest BCUT2D eigenvalue weighted by Crippen LogP contribution is 2.17. The molecule has 0 bridgehead atoms. The molecule has 17 heavy (non-hydrogen) atoms. The minimum Gasteiger partial charge on any atom is -0.383 e. The number of rotatable bonds is 7. The number of methoxy groups -OCH3 is 1. The monoisotopic (exact) mass is 244 g/mol. The summed E-state index contributed by atoms with van der Waals surface area (Å²) in [5.41, 5.74) is 5.57. The summed E-state index contributed by atoms with van der Waals surface area (Å²) < 4.78 is 31.4. The number of hydrogen-bond donors (Lipinski definition) is 2. The van der Waals surface area contributed by atoms with Crippen molar-refractivity contribution < 1.29 is 13.5 Å². The zero-order chi connectivity index (χ0) is 12.7. The van der Waals surface area contributed by atoms with Crippen LogP contribution in [-0.2, 0) is 4.74 Å². The van der Waals surface area contributed by atoms with E-state index in [0.717, 1.165) is 31.0 Å². The summed E-state index contributed by atoms with van der Waals surface area (Å²) in [5.74, 6) is -0.941. The predicted molar refractivity (Wildman–Crippen MR) is 63.9 cm³/mol. The van der Waals surface area contributed by atoms with Gasteiger partial charge in [0.05, 0.1) is 12.3 Å². The standard InChI is InChI=1S/C12H18F2N2O/c1-17-8-10(3-2-6-15)16-12-7-9(13)4-5-11(12)14/h4-5,7,10,16H,2-3,6,8,15H2,1H3. The fourth-order valence-electron chi connectivity index (χ4n) is 1.59. The Morgan fingerprint density at radius 3 is 2.82 bits per heavy atom. The van der Waals surface area contributed by atoms with E-state index in [-0.39, 0.29) is 11.7 Å². The van der Waals surface area contributed by atoms with Crippen molar-refractivity contribution in [1.29, 1.82) is 0 Å². The topological polar surface area (TPSA) is 47.3 Å². The van der Waals surface area contributed by atoms with E-state index in [4.69, 9.17) is 10.5 Å². The molecule has 0 amide bonds. The SMILES string of the molecule is COCC(CCCN)Nc1cc(F)ccc1F. The maximum atomic E-state index is 13.4. The molecule has 1 atom stereocenters. The van der Waals surface area contributed by atoms with Crippen LogP contribution < -0.4 is 11.1 Å². The van der Waals surface area contributed by atoms with Crippen LogP contribution in [0.2, 0.25) is 0 Å². The lowest BCUT2D eigenvalue weighted by molar-refractivity contribution is 0.182. The molecule has 0 saturated heterocycles. The smallest absolute Gasteiger partial charge is 0.146 e. The largest absolute Gasteiger partial charge is 0.383 e. The molecular formula is C12H18F2N2O. The van der Waals surface area contributed by atoms with Gasteiger partial charge in [-0.2, -0.15) is 0 Å². The fourth-order valence-corrected chi connectivity index (χ4v) is 1.59. The van der Waals surface area contributed by atoms with E-state index in [9.17, 15) is 8.78 Å². The molecule has 0 aliphatic heterocycles. The Kier molecular flexibility index (Phi) is 5.86. The zero-order valence-electron chi connectivity index (χ0n) is 9.88. The molecule has 1 aromatic rings. The number of benzene rings is 1. The number of anilines is 1. The average Bonchev–Trinajstić information content (AvgIpc) is 2.31. The minimum atomic E-state index is -0.472. The summed E-state index contributed by atoms with van der Waals surface area (Å²) in [6.07, 6.45) is 1.55. The summed E-state index contributed by atoms with van der Waals surface area (Å²) in [6, 6.07) is 3.26. The zero-order valence-corrected chi connectivity index (χ0v) is 9.88. The summed E-state index contributed by atoms with van der Waals surface area (Å²) >= 11 is 0. The Balaban J connectivity index is 2.67. The van der Waals surface area contributed by atoms with Crippen LogP contribution in [0.3, 0.4) is 0 Å². The van der Waals surface area contributed by atoms with Crippen LogP contribution in [-0.4, -0.2) is 26.3 Å². The van der Waals surface area contributed by atoms with Gasteiger partial charge in [-0.05, 0) is 37.6 Å². The Labute approximate surface area is 100.0 Å². The second-order valence-corrected chi connectivity index (χ2v) is 3.85. The molecular weight excluding hydrogens is 226 g/mol. The molecule has 1 aromatic carbocycles. The summed E-state index contributed by atoms with van der Waals surface area (Å²) in [6.45, 7) is 0.990. The van der Waals surface area contributed by atoms with Gasteiger partial charge < -0.3 is 15.8 Å². The van der Waals surface area contributed by atoms with Gasteiger partial charge in [0.25, 0.3) is 0 Å². The first-order valence-corrected chi connectivity index (χ1v) is 5.58. The van der Waals surface area contributed by atoms with Gasteiger partial charge >= 0.3 is 0 Å². The lowest BCUT2D eigenvalue weighted by Gasteiger charge is -2.19. The molecule has 5 heteroatoms. The highest BCUT2D eigenvalue weighted by Gasteiger charge is 2.11. The van der Waals surface area contributed by atoms with Gasteiger partial charge in [0.15, 0.2) is 0 Å². The van der Waals surface area contributed by atoms with Crippen LogP contribution >= 0.6 is 0 Å². The van der Waals surface area contributed by atoms with E-state index in [2.05, 4.69) is 5.32 Å². The van der Waals surface area contributed by atoms with Gasteiger partial charge in [0.1, 0.15) is 11.6 Å². The van der Waals surface area contributed by atoms with Gasteiger partial charge in [-0.3, -0.25) is 0 Å². The number of nitrogens with one attached hydrogen (secondary N) is 1. The first kappa shape index (κ1) is 13.9. The van der Waals surface area contributed by atoms with Crippen molar-refractivity contribution >= 4 is 5.69 Å². The number of hydrogen-bond acceptors (Lipinski definition) is 3. The number of nitrogens with two attached hydrogens (primary N) is 1. The molecule has 0 aliphatic rings. The first-order chi connectivity index (χ1) is 8.17. The molecule has 3 nitrogen and oxygen atoms in total. The third-order valence-electron chi connectivity index (χ3n) is 2.41. The molecule has 0 heterocycles. The second-order valence-electron chi connectivity index (χ2n) is 3.85. The highest BCUT2D eigenvalue weighted by molar-refractivity contribution is 5.45. The third kappa shape index (κ3) is 4.66. The lowest BCUT2D eigenvalue weighted by atomic mass is 10.1. The molecule has 1 rings (SSSR count). The Morgan fingerprint density at radius 1 is 1.41 bits per heavy atom. The Morgan fingerprint density at radius 2 is 2.18 bits per heavy atom. The quantitative estimate of drug-likeness (QED) is 0.772. The molecule has 3 N–H and O–H groups in total. The average molecular weight is 244 g/mol. The number of halogens is 2. The van der Waals surface area contributed by atoms with Gasteiger partial charge in [-0.1, -0.05) is 0 Å². The molecule has 0 spiro atoms. The fraction of sp³-hybridized carbons (Fsp3) is 0.500. The van der Waals surface area contributed by atoms with Crippen LogP contribution in [0.15, 0.2) is 18.2 Å². The van der Waals surface area contributed by atoms with Crippen molar-refractivity contribution in [1.82, 2.24) is 0 Å². The van der Waals surface area contributed by atoms with Gasteiger partial charge in [0.2, 0.25) is 0 Å². The van der Waals surface area contributed by atoms with Crippen LogP contribution in [0, 0.1) is 11.6 Å². The van der Waals surface area contributed by atoms with Crippen molar-refractivity contribution in [3.63, 3.8) is 0 Å². The predicted octanol–water partition coefficient (Wildman–Crippen LogP) is 2.13. The lowest BCUT2D eigenvalue weighted by Crippen LogP contribution is -2.26. The normalized spacial score (nSPS) is 12.5. The number of ether oxygens (including phenoxy) is 1. The summed E-state index contributed by atoms with van der Waals surface area (Å²) in [7, 11) is 1.57. The molecule has 0 fully saturated rings. The van der Waals surface area contributed by atoms with Crippen LogP contribution in [0.5, 0.6) is 0 Å². The molecule has 0 radical (unpaired) electrons. The molecule has 96 valence electrons. The first-order valence-electron chi connectivity index (χ1n) is 5.58. The second kappa shape index (κ2) is 7.19. The molecule has 0 aromatic heterocycles. The van der Waals surface area contributed by atoms with Crippen molar-refractivity contribution in [3.8, 4) is 0 Å². The van der Waals surface area contributed by atoms with Gasteiger partial charge in [-0.15, -0.1) is 0 Å². The van der Waals surface area contributed by atoms with Crippen LogP contribution in [0.4, 0.5) is 14.5 Å².